The normalized spacial score (nSPS) is 17.2. The summed E-state index contributed by atoms with van der Waals surface area (Å²) in [5, 5.41) is 12.9. The molecule has 4 heteroatoms. The number of fused-ring (bicyclic) bond motifs is 1. The quantitative estimate of drug-likeness (QED) is 0.838. The van der Waals surface area contributed by atoms with E-state index in [1.165, 1.54) is 12.8 Å². The summed E-state index contributed by atoms with van der Waals surface area (Å²) < 4.78 is 2.19. The number of nitrogens with one attached hydrogen (secondary N) is 1. The largest absolute Gasteiger partial charge is 0.395 e. The maximum atomic E-state index is 9.47. The molecule has 1 aliphatic carbocycles. The highest BCUT2D eigenvalue weighted by molar-refractivity contribution is 5.75. The van der Waals surface area contributed by atoms with E-state index in [0.29, 0.717) is 6.04 Å². The van der Waals surface area contributed by atoms with E-state index < -0.39 is 0 Å². The van der Waals surface area contributed by atoms with E-state index in [1.54, 1.807) is 0 Å². The molecule has 4 nitrogen and oxygen atoms in total. The molecule has 0 aliphatic heterocycles. The third-order valence-corrected chi connectivity index (χ3v) is 3.52. The number of aliphatic hydroxyl groups excluding tert-OH is 1. The molecule has 1 unspecified atom stereocenters. The van der Waals surface area contributed by atoms with Crippen molar-refractivity contribution in [3.63, 3.8) is 0 Å². The lowest BCUT2D eigenvalue weighted by Crippen LogP contribution is -2.38. The van der Waals surface area contributed by atoms with Gasteiger partial charge in [-0.15, -0.1) is 0 Å². The van der Waals surface area contributed by atoms with Crippen molar-refractivity contribution in [2.75, 3.05) is 6.61 Å². The fraction of sp³-hybridized carbons (Fsp3) is 0.500. The van der Waals surface area contributed by atoms with Crippen molar-refractivity contribution in [3.05, 3.63) is 30.1 Å². The Morgan fingerprint density at radius 1 is 1.44 bits per heavy atom. The number of rotatable bonds is 5. The van der Waals surface area contributed by atoms with Gasteiger partial charge in [-0.2, -0.15) is 0 Å². The number of hydrogen-bond acceptors (Lipinski definition) is 3. The Hall–Kier alpha value is -1.39. The molecule has 1 aliphatic rings. The van der Waals surface area contributed by atoms with Crippen molar-refractivity contribution >= 4 is 11.0 Å². The molecule has 18 heavy (non-hydrogen) atoms. The van der Waals surface area contributed by atoms with Crippen LogP contribution >= 0.6 is 0 Å². The Bertz CT molecular complexity index is 545. The molecule has 0 amide bonds. The lowest BCUT2D eigenvalue weighted by Gasteiger charge is -2.18. The van der Waals surface area contributed by atoms with Crippen molar-refractivity contribution in [2.45, 2.75) is 38.4 Å². The molecule has 96 valence electrons. The number of aliphatic hydroxyl groups is 1. The van der Waals surface area contributed by atoms with Crippen LogP contribution in [0.5, 0.6) is 0 Å². The predicted octanol–water partition coefficient (Wildman–Crippen LogP) is 1.46. The second kappa shape index (κ2) is 4.71. The van der Waals surface area contributed by atoms with Crippen LogP contribution in [0.3, 0.4) is 0 Å². The third kappa shape index (κ3) is 2.26. The van der Waals surface area contributed by atoms with Crippen LogP contribution in [-0.4, -0.2) is 33.3 Å². The first-order valence-corrected chi connectivity index (χ1v) is 6.56. The number of aryl methyl sites for hydroxylation is 1. The zero-order chi connectivity index (χ0) is 12.5. The summed E-state index contributed by atoms with van der Waals surface area (Å²) >= 11 is 0. The van der Waals surface area contributed by atoms with Crippen LogP contribution in [0.2, 0.25) is 0 Å². The van der Waals surface area contributed by atoms with E-state index in [-0.39, 0.29) is 12.6 Å². The molecule has 2 N–H and O–H groups in total. The number of benzene rings is 1. The molecule has 1 aromatic heterocycles. The van der Waals surface area contributed by atoms with Gasteiger partial charge < -0.3 is 15.0 Å². The maximum absolute atomic E-state index is 9.47. The average molecular weight is 245 g/mol. The summed E-state index contributed by atoms with van der Waals surface area (Å²) in [6.45, 7) is 2.97. The monoisotopic (exact) mass is 245 g/mol. The molecular formula is C14H19N3O. The second-order valence-electron chi connectivity index (χ2n) is 5.08. The van der Waals surface area contributed by atoms with Gasteiger partial charge in [0.05, 0.1) is 17.6 Å². The first kappa shape index (κ1) is 11.7. The summed E-state index contributed by atoms with van der Waals surface area (Å²) in [5.41, 5.74) is 2.17. The van der Waals surface area contributed by atoms with Gasteiger partial charge in [0, 0.05) is 18.6 Å². The molecule has 0 bridgehead atoms. The lowest BCUT2D eigenvalue weighted by atomic mass is 10.2. The Morgan fingerprint density at radius 3 is 2.94 bits per heavy atom. The van der Waals surface area contributed by atoms with Gasteiger partial charge in [-0.1, -0.05) is 12.1 Å². The topological polar surface area (TPSA) is 50.1 Å². The van der Waals surface area contributed by atoms with Crippen LogP contribution in [-0.2, 0) is 6.54 Å². The van der Waals surface area contributed by atoms with Crippen molar-refractivity contribution in [1.82, 2.24) is 14.9 Å². The van der Waals surface area contributed by atoms with Crippen molar-refractivity contribution in [3.8, 4) is 0 Å². The fourth-order valence-electron chi connectivity index (χ4n) is 2.39. The lowest BCUT2D eigenvalue weighted by molar-refractivity contribution is 0.228. The maximum Gasteiger partial charge on any atom is 0.106 e. The molecule has 1 heterocycles. The molecule has 2 aromatic rings. The van der Waals surface area contributed by atoms with Crippen LogP contribution in [0.25, 0.3) is 11.0 Å². The minimum atomic E-state index is 0.119. The predicted molar refractivity (Wildman–Crippen MR) is 71.5 cm³/mol. The smallest absolute Gasteiger partial charge is 0.106 e. The minimum Gasteiger partial charge on any atom is -0.395 e. The number of hydrogen-bond donors (Lipinski definition) is 2. The summed E-state index contributed by atoms with van der Waals surface area (Å²) in [6.07, 6.45) is 2.47. The number of aromatic nitrogens is 2. The Balaban J connectivity index is 1.85. The molecule has 0 spiro atoms. The van der Waals surface area contributed by atoms with Crippen molar-refractivity contribution < 1.29 is 5.11 Å². The van der Waals surface area contributed by atoms with Crippen LogP contribution in [0, 0.1) is 6.92 Å². The molecule has 1 aromatic carbocycles. The first-order chi connectivity index (χ1) is 8.78. The minimum absolute atomic E-state index is 0.119. The fourth-order valence-corrected chi connectivity index (χ4v) is 2.39. The molecule has 1 saturated carbocycles. The van der Waals surface area contributed by atoms with Gasteiger partial charge in [0.15, 0.2) is 0 Å². The van der Waals surface area contributed by atoms with Gasteiger partial charge in [-0.05, 0) is 31.9 Å². The van der Waals surface area contributed by atoms with E-state index in [0.717, 1.165) is 23.4 Å². The van der Waals surface area contributed by atoms with E-state index in [1.807, 2.05) is 25.1 Å². The summed E-state index contributed by atoms with van der Waals surface area (Å²) in [5.74, 6) is 1.01. The van der Waals surface area contributed by atoms with Crippen LogP contribution in [0.4, 0.5) is 0 Å². The van der Waals surface area contributed by atoms with E-state index in [9.17, 15) is 5.11 Å². The third-order valence-electron chi connectivity index (χ3n) is 3.52. The van der Waals surface area contributed by atoms with E-state index in [4.69, 9.17) is 0 Å². The van der Waals surface area contributed by atoms with E-state index >= 15 is 0 Å². The number of para-hydroxylation sites is 2. The highest BCUT2D eigenvalue weighted by atomic mass is 16.3. The van der Waals surface area contributed by atoms with Gasteiger partial charge >= 0.3 is 0 Å². The summed E-state index contributed by atoms with van der Waals surface area (Å²) in [4.78, 5) is 4.55. The molecule has 1 fully saturated rings. The first-order valence-electron chi connectivity index (χ1n) is 6.56. The molecule has 1 atom stereocenters. The van der Waals surface area contributed by atoms with Crippen LogP contribution in [0.15, 0.2) is 24.3 Å². The highest BCUT2D eigenvalue weighted by Gasteiger charge is 2.24. The molecule has 3 rings (SSSR count). The van der Waals surface area contributed by atoms with Crippen molar-refractivity contribution in [1.29, 1.82) is 0 Å². The SMILES string of the molecule is Cc1nc2ccccc2n1CC(CO)NC1CC1. The van der Waals surface area contributed by atoms with Gasteiger partial charge in [0.1, 0.15) is 5.82 Å². The summed E-state index contributed by atoms with van der Waals surface area (Å²) in [6, 6.07) is 8.88. The number of imidazole rings is 1. The second-order valence-corrected chi connectivity index (χ2v) is 5.08. The van der Waals surface area contributed by atoms with Crippen LogP contribution < -0.4 is 5.32 Å². The Labute approximate surface area is 107 Å². The average Bonchev–Trinajstić information content (AvgIpc) is 3.13. The molecular weight excluding hydrogens is 226 g/mol. The highest BCUT2D eigenvalue weighted by Crippen LogP contribution is 2.21. The Kier molecular flexibility index (Phi) is 3.06. The van der Waals surface area contributed by atoms with Gasteiger partial charge in [0.25, 0.3) is 0 Å². The summed E-state index contributed by atoms with van der Waals surface area (Å²) in [7, 11) is 0. The molecule has 0 radical (unpaired) electrons. The van der Waals surface area contributed by atoms with Crippen molar-refractivity contribution in [2.24, 2.45) is 0 Å². The Morgan fingerprint density at radius 2 is 2.22 bits per heavy atom. The van der Waals surface area contributed by atoms with Crippen LogP contribution in [0.1, 0.15) is 18.7 Å². The van der Waals surface area contributed by atoms with Gasteiger partial charge in [-0.3, -0.25) is 0 Å². The standard InChI is InChI=1S/C14H19N3O/c1-10-15-13-4-2-3-5-14(13)17(10)8-12(9-18)16-11-6-7-11/h2-5,11-12,16,18H,6-9H2,1H3. The number of nitrogens with zero attached hydrogens (tertiary/aromatic N) is 2. The van der Waals surface area contributed by atoms with Gasteiger partial charge in [0.2, 0.25) is 0 Å². The zero-order valence-electron chi connectivity index (χ0n) is 10.6. The zero-order valence-corrected chi connectivity index (χ0v) is 10.6. The molecule has 0 saturated heterocycles. The van der Waals surface area contributed by atoms with Gasteiger partial charge in [-0.25, -0.2) is 4.98 Å². The van der Waals surface area contributed by atoms with E-state index in [2.05, 4.69) is 20.9 Å².